The van der Waals surface area contributed by atoms with E-state index in [-0.39, 0.29) is 30.8 Å². The highest BCUT2D eigenvalue weighted by Crippen LogP contribution is 2.80. The van der Waals surface area contributed by atoms with Crippen molar-refractivity contribution >= 4 is 17.9 Å². The van der Waals surface area contributed by atoms with Crippen molar-refractivity contribution in [2.45, 2.75) is 248 Å². The molecule has 12 heteroatoms. The average Bonchev–Trinajstić information content (AvgIpc) is 4.02. The summed E-state index contributed by atoms with van der Waals surface area (Å²) >= 11 is 0. The lowest BCUT2D eigenvalue weighted by molar-refractivity contribution is -0.321. The smallest absolute Gasteiger partial charge is 0.338 e. The molecule has 1 aromatic rings. The fourth-order valence-corrected chi connectivity index (χ4v) is 16.6. The highest BCUT2D eigenvalue weighted by molar-refractivity contribution is 5.89. The molecule has 76 heavy (non-hydrogen) atoms. The number of benzene rings is 1. The number of carbonyl (C=O) groups is 3. The van der Waals surface area contributed by atoms with Gasteiger partial charge in [-0.1, -0.05) is 166 Å². The molecule has 428 valence electrons. The summed E-state index contributed by atoms with van der Waals surface area (Å²) < 4.78 is 39.4. The average molecular weight is 1060 g/mol. The molecule has 7 rings (SSSR count). The molecule has 2 N–H and O–H groups in total. The van der Waals surface area contributed by atoms with Crippen LogP contribution in [0.5, 0.6) is 0 Å². The van der Waals surface area contributed by atoms with Crippen molar-refractivity contribution in [1.29, 1.82) is 0 Å². The number of fused-ring (bicyclic) bond motifs is 2. The van der Waals surface area contributed by atoms with Gasteiger partial charge in [-0.05, 0) is 88.8 Å². The van der Waals surface area contributed by atoms with Gasteiger partial charge in [-0.25, -0.2) is 4.79 Å². The second-order valence-corrected chi connectivity index (χ2v) is 24.3. The van der Waals surface area contributed by atoms with E-state index in [1.165, 1.54) is 90.6 Å². The molecule has 5 aliphatic carbocycles. The summed E-state index contributed by atoms with van der Waals surface area (Å²) in [5.74, 6) is -3.17. The van der Waals surface area contributed by atoms with E-state index in [1.54, 1.807) is 38.5 Å². The zero-order valence-electron chi connectivity index (χ0n) is 47.9. The first-order chi connectivity index (χ1) is 37.0. The summed E-state index contributed by atoms with van der Waals surface area (Å²) in [7, 11) is 6.98. The zero-order valence-corrected chi connectivity index (χ0v) is 47.9. The number of likely N-dealkylation sites (tertiary alicyclic amines) is 1. The fourth-order valence-electron chi connectivity index (χ4n) is 16.6. The number of carbonyl (C=O) groups excluding carboxylic acids is 3. The number of methoxy groups -OCH3 is 3. The van der Waals surface area contributed by atoms with Crippen molar-refractivity contribution in [1.82, 2.24) is 4.90 Å². The molecule has 6 aliphatic rings. The fraction of sp³-hybridized carbons (Fsp3) is 0.797. The summed E-state index contributed by atoms with van der Waals surface area (Å²) in [6.45, 7) is 5.36. The number of hydrogen-bond donors (Lipinski definition) is 2. The number of unbranched alkanes of at least 4 members (excludes halogenated alkanes) is 20. The van der Waals surface area contributed by atoms with Gasteiger partial charge in [-0.15, -0.1) is 0 Å². The first-order valence-electron chi connectivity index (χ1n) is 30.6. The Morgan fingerprint density at radius 2 is 1.22 bits per heavy atom. The summed E-state index contributed by atoms with van der Waals surface area (Å²) in [6, 6.07) is 8.48. The van der Waals surface area contributed by atoms with Gasteiger partial charge in [0.2, 0.25) is 0 Å². The lowest BCUT2D eigenvalue weighted by atomic mass is 9.42. The summed E-state index contributed by atoms with van der Waals surface area (Å²) in [5, 5.41) is 26.4. The second-order valence-electron chi connectivity index (χ2n) is 24.3. The molecule has 6 fully saturated rings. The number of allylic oxidation sites excluding steroid dienone is 4. The van der Waals surface area contributed by atoms with Gasteiger partial charge in [0.1, 0.15) is 30.0 Å². The van der Waals surface area contributed by atoms with Gasteiger partial charge in [0.15, 0.2) is 5.60 Å². The maximum absolute atomic E-state index is 14.7. The van der Waals surface area contributed by atoms with Crippen molar-refractivity contribution < 1.29 is 53.0 Å². The molecular formula is C64H101NO11. The standard InChI is InChI=1S/C64H101NO11/c1-7-9-11-13-15-17-19-21-22-24-26-28-30-32-37-41-54(67)76-64-48-42-50-61(46-71-4)45-65(3)56(48)63(50,49-44-62(70,59(73-6)57(64)68)58(55(49)64)75-60(69)47-38-34-33-35-39-47)52(72-5)43-51(61)74-53(66)40-36-31-29-27-25-23-20-18-16-14-12-10-8-2/h15,17,21-22,33-35,38-39,48-52,55-59,68,70H,7-14,16,18-20,23-32,36-37,40-46H2,1-6H3/b17-15-,22-21-/t48-,49+,50+,51+,52-,55+,56+,57-,58+,59-,61+,62-,63+,64-/m0/s1. The van der Waals surface area contributed by atoms with Crippen LogP contribution in [0.15, 0.2) is 54.6 Å². The van der Waals surface area contributed by atoms with E-state index < -0.39 is 82.2 Å². The van der Waals surface area contributed by atoms with Crippen LogP contribution in [0.1, 0.15) is 210 Å². The predicted octanol–water partition coefficient (Wildman–Crippen LogP) is 12.5. The predicted molar refractivity (Wildman–Crippen MR) is 298 cm³/mol. The van der Waals surface area contributed by atoms with Crippen LogP contribution in [0.25, 0.3) is 0 Å². The topological polar surface area (TPSA) is 150 Å². The molecular weight excluding hydrogens is 959 g/mol. The third kappa shape index (κ3) is 12.6. The SMILES string of the molecule is CCCCC/C=C\C/C=C\CCCCCCCC(=O)O[C@]12[C@H]3[C@@H](OC(=O)c4ccccc4)[C@@](O)(C[C@H]3[C@@]34[C@@H](OC)C[C@@H](OC(=O)CCCCCCCCCCCCCCC)[C@@]5(COC)CN(C)[C@@H]3[C@@H]1C[C@H]54)[C@@H](OC)[C@@H]2O. The molecule has 0 unspecified atom stereocenters. The first kappa shape index (κ1) is 60.5. The number of aliphatic hydroxyl groups is 2. The highest BCUT2D eigenvalue weighted by Gasteiger charge is 2.90. The van der Waals surface area contributed by atoms with Crippen LogP contribution in [0.2, 0.25) is 0 Å². The number of ether oxygens (including phenoxy) is 6. The lowest BCUT2D eigenvalue weighted by Crippen LogP contribution is -2.81. The van der Waals surface area contributed by atoms with E-state index in [1.807, 2.05) is 6.07 Å². The molecule has 0 aromatic heterocycles. The van der Waals surface area contributed by atoms with Crippen molar-refractivity contribution in [3.05, 3.63) is 60.2 Å². The molecule has 1 heterocycles. The van der Waals surface area contributed by atoms with E-state index in [2.05, 4.69) is 50.1 Å². The Hall–Kier alpha value is -3.13. The van der Waals surface area contributed by atoms with Crippen LogP contribution in [-0.4, -0.2) is 122 Å². The van der Waals surface area contributed by atoms with Gasteiger partial charge >= 0.3 is 17.9 Å². The molecule has 1 aliphatic heterocycles. The molecule has 1 spiro atoms. The van der Waals surface area contributed by atoms with E-state index >= 15 is 0 Å². The number of esters is 3. The molecule has 1 aromatic carbocycles. The minimum absolute atomic E-state index is 0.115. The molecule has 0 amide bonds. The molecule has 0 radical (unpaired) electrons. The molecule has 5 saturated carbocycles. The normalized spacial score (nSPS) is 34.1. The minimum Gasteiger partial charge on any atom is -0.462 e. The quantitative estimate of drug-likeness (QED) is 0.0285. The Morgan fingerprint density at radius 1 is 0.658 bits per heavy atom. The summed E-state index contributed by atoms with van der Waals surface area (Å²) in [5.41, 5.74) is -4.50. The summed E-state index contributed by atoms with van der Waals surface area (Å²) in [4.78, 5) is 45.3. The maximum atomic E-state index is 14.7. The van der Waals surface area contributed by atoms with Crippen molar-refractivity contribution in [3.63, 3.8) is 0 Å². The Kier molecular flexibility index (Phi) is 23.0. The van der Waals surface area contributed by atoms with Gasteiger partial charge in [-0.3, -0.25) is 9.59 Å². The van der Waals surface area contributed by atoms with Crippen LogP contribution in [0.3, 0.4) is 0 Å². The number of nitrogens with zero attached hydrogens (tertiary/aromatic N) is 1. The number of piperidine rings is 1. The largest absolute Gasteiger partial charge is 0.462 e. The number of hydrogen-bond acceptors (Lipinski definition) is 12. The van der Waals surface area contributed by atoms with Crippen molar-refractivity contribution in [2.24, 2.45) is 34.5 Å². The first-order valence-corrected chi connectivity index (χ1v) is 30.6. The zero-order chi connectivity index (χ0) is 54.2. The van der Waals surface area contributed by atoms with E-state index in [9.17, 15) is 24.6 Å². The highest BCUT2D eigenvalue weighted by atomic mass is 16.6. The minimum atomic E-state index is -1.84. The lowest BCUT2D eigenvalue weighted by Gasteiger charge is -2.70. The Bertz CT molecular complexity index is 2010. The van der Waals surface area contributed by atoms with E-state index in [4.69, 9.17) is 28.4 Å². The summed E-state index contributed by atoms with van der Waals surface area (Å²) in [6.07, 6.45) is 33.3. The van der Waals surface area contributed by atoms with E-state index in [0.717, 1.165) is 64.2 Å². The Balaban J connectivity index is 1.08. The maximum Gasteiger partial charge on any atom is 0.338 e. The molecule has 1 saturated heterocycles. The van der Waals surface area contributed by atoms with Gasteiger partial charge in [0.05, 0.1) is 18.3 Å². The molecule has 14 atom stereocenters. The molecule has 12 nitrogen and oxygen atoms in total. The van der Waals surface area contributed by atoms with Crippen LogP contribution < -0.4 is 0 Å². The van der Waals surface area contributed by atoms with Crippen LogP contribution in [0.4, 0.5) is 0 Å². The van der Waals surface area contributed by atoms with Gasteiger partial charge in [0.25, 0.3) is 0 Å². The molecule has 7 bridgehead atoms. The monoisotopic (exact) mass is 1060 g/mol. The number of aliphatic hydroxyl groups excluding tert-OH is 1. The van der Waals surface area contributed by atoms with E-state index in [0.29, 0.717) is 44.4 Å². The van der Waals surface area contributed by atoms with Crippen molar-refractivity contribution in [3.8, 4) is 0 Å². The van der Waals surface area contributed by atoms with Gasteiger partial charge in [0, 0.05) is 75.8 Å². The van der Waals surface area contributed by atoms with Gasteiger partial charge in [-0.2, -0.15) is 0 Å². The van der Waals surface area contributed by atoms with Gasteiger partial charge < -0.3 is 43.5 Å². The van der Waals surface area contributed by atoms with Crippen molar-refractivity contribution in [2.75, 3.05) is 41.5 Å². The third-order valence-electron chi connectivity index (χ3n) is 19.7. The van der Waals surface area contributed by atoms with Crippen LogP contribution in [0, 0.1) is 34.5 Å². The van der Waals surface area contributed by atoms with Crippen LogP contribution in [-0.2, 0) is 38.0 Å². The van der Waals surface area contributed by atoms with Crippen LogP contribution >= 0.6 is 0 Å². The third-order valence-corrected chi connectivity index (χ3v) is 19.7. The Morgan fingerprint density at radius 3 is 1.82 bits per heavy atom. The second kappa shape index (κ2) is 28.8. The number of rotatable bonds is 36. The Labute approximate surface area is 458 Å².